The second kappa shape index (κ2) is 7.27. The molecule has 0 aliphatic rings. The lowest BCUT2D eigenvalue weighted by Gasteiger charge is -2.10. The molecule has 0 spiro atoms. The van der Waals surface area contributed by atoms with Gasteiger partial charge >= 0.3 is 11.6 Å². The van der Waals surface area contributed by atoms with E-state index in [0.717, 1.165) is 6.07 Å². The van der Waals surface area contributed by atoms with E-state index in [2.05, 4.69) is 0 Å². The zero-order valence-corrected chi connectivity index (χ0v) is 16.0. The van der Waals surface area contributed by atoms with Gasteiger partial charge in [0.2, 0.25) is 10.0 Å². The van der Waals surface area contributed by atoms with Crippen LogP contribution in [0, 0.1) is 6.92 Å². The normalized spacial score (nSPS) is 11.5. The Morgan fingerprint density at radius 1 is 1.25 bits per heavy atom. The van der Waals surface area contributed by atoms with Gasteiger partial charge in [-0.05, 0) is 37.3 Å². The number of sulfonamides is 1. The summed E-state index contributed by atoms with van der Waals surface area (Å²) in [5, 5.41) is 15.2. The molecule has 8 nitrogen and oxygen atoms in total. The van der Waals surface area contributed by atoms with Crippen molar-refractivity contribution in [3.63, 3.8) is 0 Å². The topological polar surface area (TPSA) is 137 Å². The maximum atomic E-state index is 12.3. The average Bonchev–Trinajstić information content (AvgIpc) is 2.62. The fourth-order valence-corrected chi connectivity index (χ4v) is 3.68. The summed E-state index contributed by atoms with van der Waals surface area (Å²) in [5.74, 6) is -0.875. The van der Waals surface area contributed by atoms with Crippen LogP contribution >= 0.6 is 11.6 Å². The van der Waals surface area contributed by atoms with Crippen molar-refractivity contribution in [3.8, 4) is 5.75 Å². The molecule has 0 bridgehead atoms. The van der Waals surface area contributed by atoms with Crippen molar-refractivity contribution >= 4 is 38.6 Å². The molecule has 0 amide bonds. The van der Waals surface area contributed by atoms with Gasteiger partial charge in [-0.3, -0.25) is 0 Å². The van der Waals surface area contributed by atoms with Crippen LogP contribution < -0.4 is 10.8 Å². The number of hydrogen-bond donors (Lipinski definition) is 2. The number of phenols is 1. The van der Waals surface area contributed by atoms with Crippen molar-refractivity contribution in [2.75, 3.05) is 0 Å². The molecule has 3 rings (SSSR count). The van der Waals surface area contributed by atoms with Gasteiger partial charge in [0.25, 0.3) is 0 Å². The zero-order valence-electron chi connectivity index (χ0n) is 14.4. The van der Waals surface area contributed by atoms with Gasteiger partial charge in [-0.1, -0.05) is 11.6 Å². The molecule has 3 aromatic rings. The number of primary sulfonamides is 1. The summed E-state index contributed by atoms with van der Waals surface area (Å²) in [6.07, 6.45) is 0. The van der Waals surface area contributed by atoms with E-state index >= 15 is 0 Å². The molecule has 28 heavy (non-hydrogen) atoms. The third kappa shape index (κ3) is 3.86. The molecular weight excluding hydrogens is 410 g/mol. The first-order valence-electron chi connectivity index (χ1n) is 7.82. The number of rotatable bonds is 4. The molecule has 3 N–H and O–H groups in total. The number of aromatic hydroxyl groups is 1. The number of phenolic OH excluding ortho intramolecular Hbond substituents is 1. The van der Waals surface area contributed by atoms with E-state index < -0.39 is 26.5 Å². The number of carbonyl (C=O) groups excluding carboxylic acids is 1. The first-order chi connectivity index (χ1) is 13.1. The number of halogens is 1. The number of benzene rings is 2. The van der Waals surface area contributed by atoms with Crippen molar-refractivity contribution in [2.24, 2.45) is 5.14 Å². The summed E-state index contributed by atoms with van der Waals surface area (Å²) in [4.78, 5) is 23.7. The zero-order chi connectivity index (χ0) is 20.6. The van der Waals surface area contributed by atoms with Crippen LogP contribution in [0.5, 0.6) is 5.75 Å². The molecule has 10 heteroatoms. The molecule has 0 aliphatic carbocycles. The SMILES string of the molecule is Cc1c(O)ccc2c(COC(=O)c3ccc(Cl)c(S(N)(=O)=O)c3)cc(=O)oc12. The highest BCUT2D eigenvalue weighted by Gasteiger charge is 2.18. The van der Waals surface area contributed by atoms with E-state index in [1.807, 2.05) is 0 Å². The molecule has 1 aromatic heterocycles. The van der Waals surface area contributed by atoms with Crippen LogP contribution in [0.4, 0.5) is 0 Å². The Balaban J connectivity index is 1.92. The maximum absolute atomic E-state index is 12.3. The van der Waals surface area contributed by atoms with E-state index in [1.165, 1.54) is 30.3 Å². The Kier molecular flexibility index (Phi) is 5.16. The lowest BCUT2D eigenvalue weighted by Crippen LogP contribution is -2.14. The largest absolute Gasteiger partial charge is 0.508 e. The van der Waals surface area contributed by atoms with Gasteiger partial charge in [0.1, 0.15) is 22.8 Å². The van der Waals surface area contributed by atoms with Gasteiger partial charge in [-0.15, -0.1) is 0 Å². The van der Waals surface area contributed by atoms with Crippen molar-refractivity contribution in [3.05, 3.63) is 68.5 Å². The fraction of sp³-hybridized carbons (Fsp3) is 0.111. The Hall–Kier alpha value is -2.88. The van der Waals surface area contributed by atoms with Gasteiger partial charge in [0, 0.05) is 22.6 Å². The summed E-state index contributed by atoms with van der Waals surface area (Å²) in [5.41, 5.74) is 0.174. The molecule has 0 radical (unpaired) electrons. The summed E-state index contributed by atoms with van der Waals surface area (Å²) in [7, 11) is -4.12. The monoisotopic (exact) mass is 423 g/mol. The predicted octanol–water partition coefficient (Wildman–Crippen LogP) is 2.46. The Bertz CT molecular complexity index is 1260. The molecule has 1 heterocycles. The third-order valence-electron chi connectivity index (χ3n) is 4.05. The van der Waals surface area contributed by atoms with Crippen molar-refractivity contribution < 1.29 is 27.5 Å². The Labute approximate surface area is 164 Å². The minimum atomic E-state index is -4.12. The summed E-state index contributed by atoms with van der Waals surface area (Å²) < 4.78 is 33.4. The molecule has 146 valence electrons. The second-order valence-electron chi connectivity index (χ2n) is 5.94. The van der Waals surface area contributed by atoms with Gasteiger partial charge in [0.05, 0.1) is 10.6 Å². The van der Waals surface area contributed by atoms with Crippen LogP contribution in [0.3, 0.4) is 0 Å². The fourth-order valence-electron chi connectivity index (χ4n) is 2.61. The molecular formula is C18H14ClNO7S. The summed E-state index contributed by atoms with van der Waals surface area (Å²) in [6, 6.07) is 7.66. The predicted molar refractivity (Wildman–Crippen MR) is 101 cm³/mol. The lowest BCUT2D eigenvalue weighted by atomic mass is 10.1. The highest BCUT2D eigenvalue weighted by atomic mass is 35.5. The third-order valence-corrected chi connectivity index (χ3v) is 5.44. The number of aryl methyl sites for hydroxylation is 1. The van der Waals surface area contributed by atoms with Gasteiger partial charge < -0.3 is 14.3 Å². The molecule has 2 aromatic carbocycles. The van der Waals surface area contributed by atoms with Crippen LogP contribution in [-0.2, 0) is 21.4 Å². The molecule has 0 unspecified atom stereocenters. The summed E-state index contributed by atoms with van der Waals surface area (Å²) >= 11 is 5.79. The number of hydrogen-bond acceptors (Lipinski definition) is 7. The lowest BCUT2D eigenvalue weighted by molar-refractivity contribution is 0.0473. The molecule has 0 aliphatic heterocycles. The first kappa shape index (κ1) is 19.9. The standard InChI is InChI=1S/C18H14ClNO7S/c1-9-14(21)5-3-12-11(7-16(22)27-17(9)12)8-26-18(23)10-2-4-13(19)15(6-10)28(20,24)25/h2-7,21H,8H2,1H3,(H2,20,24,25). The minimum absolute atomic E-state index is 0.0403. The number of nitrogens with two attached hydrogens (primary N) is 1. The van der Waals surface area contributed by atoms with Gasteiger partial charge in [-0.25, -0.2) is 23.1 Å². The van der Waals surface area contributed by atoms with Gasteiger partial charge in [0.15, 0.2) is 0 Å². The van der Waals surface area contributed by atoms with E-state index in [9.17, 15) is 23.1 Å². The van der Waals surface area contributed by atoms with Crippen molar-refractivity contribution in [2.45, 2.75) is 18.4 Å². The molecule has 0 saturated carbocycles. The van der Waals surface area contributed by atoms with E-state index in [4.69, 9.17) is 25.9 Å². The van der Waals surface area contributed by atoms with E-state index in [-0.39, 0.29) is 28.5 Å². The first-order valence-corrected chi connectivity index (χ1v) is 9.75. The van der Waals surface area contributed by atoms with Crippen LogP contribution in [0.2, 0.25) is 5.02 Å². The van der Waals surface area contributed by atoms with Gasteiger partial charge in [-0.2, -0.15) is 0 Å². The number of carbonyl (C=O) groups is 1. The highest BCUT2D eigenvalue weighted by Crippen LogP contribution is 2.28. The molecule has 0 fully saturated rings. The molecule has 0 saturated heterocycles. The number of fused-ring (bicyclic) bond motifs is 1. The number of esters is 1. The van der Waals surface area contributed by atoms with Crippen molar-refractivity contribution in [1.29, 1.82) is 0 Å². The minimum Gasteiger partial charge on any atom is -0.508 e. The van der Waals surface area contributed by atoms with Crippen LogP contribution in [-0.4, -0.2) is 19.5 Å². The van der Waals surface area contributed by atoms with Crippen LogP contribution in [0.25, 0.3) is 11.0 Å². The van der Waals surface area contributed by atoms with E-state index in [0.29, 0.717) is 16.5 Å². The summed E-state index contributed by atoms with van der Waals surface area (Å²) in [6.45, 7) is 1.30. The van der Waals surface area contributed by atoms with Crippen molar-refractivity contribution in [1.82, 2.24) is 0 Å². The Morgan fingerprint density at radius 3 is 2.64 bits per heavy atom. The second-order valence-corrected chi connectivity index (χ2v) is 7.88. The number of ether oxygens (including phenoxy) is 1. The smallest absolute Gasteiger partial charge is 0.338 e. The van der Waals surface area contributed by atoms with E-state index in [1.54, 1.807) is 6.92 Å². The molecule has 0 atom stereocenters. The highest BCUT2D eigenvalue weighted by molar-refractivity contribution is 7.89. The Morgan fingerprint density at radius 2 is 1.96 bits per heavy atom. The van der Waals surface area contributed by atoms with Crippen LogP contribution in [0.1, 0.15) is 21.5 Å². The average molecular weight is 424 g/mol. The maximum Gasteiger partial charge on any atom is 0.338 e. The quantitative estimate of drug-likeness (QED) is 0.485. The van der Waals surface area contributed by atoms with Crippen LogP contribution in [0.15, 0.2) is 50.5 Å².